The minimum atomic E-state index is -3.87. The molecule has 8 heteroatoms. The van der Waals surface area contributed by atoms with Gasteiger partial charge in [-0.1, -0.05) is 15.9 Å². The van der Waals surface area contributed by atoms with Gasteiger partial charge in [-0.3, -0.25) is 5.32 Å². The molecule has 1 aromatic carbocycles. The molecule has 0 bridgehead atoms. The highest BCUT2D eigenvalue weighted by Gasteiger charge is 2.12. The van der Waals surface area contributed by atoms with Crippen LogP contribution in [0.4, 0.5) is 0 Å². The van der Waals surface area contributed by atoms with Gasteiger partial charge in [0, 0.05) is 4.47 Å². The van der Waals surface area contributed by atoms with Crippen molar-refractivity contribution in [3.63, 3.8) is 0 Å². The number of hydrogen-bond acceptors (Lipinski definition) is 3. The lowest BCUT2D eigenvalue weighted by Gasteiger charge is -2.00. The molecule has 84 valence electrons. The van der Waals surface area contributed by atoms with Gasteiger partial charge in [0.15, 0.2) is 6.19 Å². The topological polar surface area (TPSA) is 108 Å². The molecule has 0 unspecified atom stereocenters. The van der Waals surface area contributed by atoms with Crippen molar-refractivity contribution in [2.75, 3.05) is 0 Å². The molecule has 0 saturated heterocycles. The van der Waals surface area contributed by atoms with E-state index in [0.717, 1.165) is 4.47 Å². The number of benzene rings is 1. The molecule has 6 nitrogen and oxygen atoms in total. The summed E-state index contributed by atoms with van der Waals surface area (Å²) in [6, 6.07) is 5.89. The molecule has 0 heterocycles. The van der Waals surface area contributed by atoms with E-state index in [0.29, 0.717) is 0 Å². The third-order valence-corrected chi connectivity index (χ3v) is 3.35. The highest BCUT2D eigenvalue weighted by Crippen LogP contribution is 2.16. The quantitative estimate of drug-likeness (QED) is 0.358. The molecule has 0 aliphatic carbocycles. The van der Waals surface area contributed by atoms with Crippen molar-refractivity contribution in [2.45, 2.75) is 4.90 Å². The Balaban J connectivity index is 3.09. The Bertz CT molecular complexity index is 544. The third kappa shape index (κ3) is 3.22. The fourth-order valence-corrected chi connectivity index (χ4v) is 2.02. The summed E-state index contributed by atoms with van der Waals surface area (Å²) >= 11 is 3.18. The Hall–Kier alpha value is -1.59. The zero-order valence-corrected chi connectivity index (χ0v) is 10.3. The molecule has 0 fully saturated rings. The van der Waals surface area contributed by atoms with Gasteiger partial charge in [0.2, 0.25) is 5.96 Å². The molecule has 0 radical (unpaired) electrons. The van der Waals surface area contributed by atoms with Gasteiger partial charge in [0.25, 0.3) is 10.0 Å². The van der Waals surface area contributed by atoms with E-state index in [9.17, 15) is 8.42 Å². The second kappa shape index (κ2) is 4.96. The average molecular weight is 303 g/mol. The molecule has 0 saturated carbocycles. The molecular formula is C8H7BrN4O2S. The van der Waals surface area contributed by atoms with Crippen molar-refractivity contribution in [1.82, 2.24) is 5.32 Å². The first-order valence-corrected chi connectivity index (χ1v) is 6.20. The van der Waals surface area contributed by atoms with Crippen LogP contribution in [-0.2, 0) is 10.0 Å². The van der Waals surface area contributed by atoms with Crippen molar-refractivity contribution in [2.24, 2.45) is 10.1 Å². The van der Waals surface area contributed by atoms with Crippen molar-refractivity contribution >= 4 is 31.9 Å². The number of halogens is 1. The summed E-state index contributed by atoms with van der Waals surface area (Å²) in [5, 5.41) is 10.1. The van der Waals surface area contributed by atoms with Crippen LogP contribution in [0.15, 0.2) is 38.0 Å². The van der Waals surface area contributed by atoms with Crippen LogP contribution in [0.3, 0.4) is 0 Å². The fourth-order valence-electron chi connectivity index (χ4n) is 0.869. The Morgan fingerprint density at radius 3 is 2.50 bits per heavy atom. The van der Waals surface area contributed by atoms with Gasteiger partial charge < -0.3 is 5.73 Å². The highest BCUT2D eigenvalue weighted by molar-refractivity contribution is 9.10. The predicted molar refractivity (Wildman–Crippen MR) is 61.7 cm³/mol. The van der Waals surface area contributed by atoms with Crippen LogP contribution in [0.5, 0.6) is 0 Å². The SMILES string of the molecule is N#CN/C(N)=N/S(=O)(=O)c1ccc(Br)cc1. The van der Waals surface area contributed by atoms with E-state index in [4.69, 9.17) is 11.0 Å². The van der Waals surface area contributed by atoms with Crippen molar-refractivity contribution in [3.8, 4) is 6.19 Å². The summed E-state index contributed by atoms with van der Waals surface area (Å²) in [6.45, 7) is 0. The molecule has 0 spiro atoms. The Morgan fingerprint density at radius 2 is 2.00 bits per heavy atom. The molecule has 0 atom stereocenters. The van der Waals surface area contributed by atoms with Crippen molar-refractivity contribution < 1.29 is 8.42 Å². The van der Waals surface area contributed by atoms with Crippen molar-refractivity contribution in [3.05, 3.63) is 28.7 Å². The predicted octanol–water partition coefficient (Wildman–Crippen LogP) is 0.523. The normalized spacial score (nSPS) is 11.9. The van der Waals surface area contributed by atoms with Gasteiger partial charge >= 0.3 is 0 Å². The summed E-state index contributed by atoms with van der Waals surface area (Å²) in [4.78, 5) is -0.00149. The Morgan fingerprint density at radius 1 is 1.44 bits per heavy atom. The third-order valence-electron chi connectivity index (χ3n) is 1.51. The number of hydrogen-bond donors (Lipinski definition) is 2. The standard InChI is InChI=1S/C8H7BrN4O2S/c9-6-1-3-7(4-2-6)16(14,15)13-8(11)12-5-10/h1-4H,(H3,11,12,13). The van der Waals surface area contributed by atoms with E-state index in [-0.39, 0.29) is 4.90 Å². The first kappa shape index (κ1) is 12.5. The average Bonchev–Trinajstić information content (AvgIpc) is 2.17. The van der Waals surface area contributed by atoms with Crippen LogP contribution >= 0.6 is 15.9 Å². The van der Waals surface area contributed by atoms with Gasteiger partial charge in [-0.2, -0.15) is 13.7 Å². The molecule has 0 aliphatic heterocycles. The van der Waals surface area contributed by atoms with E-state index in [2.05, 4.69) is 20.3 Å². The first-order chi connectivity index (χ1) is 7.45. The molecule has 16 heavy (non-hydrogen) atoms. The minimum absolute atomic E-state index is 0.00149. The number of nitriles is 1. The van der Waals surface area contributed by atoms with Crippen LogP contribution in [-0.4, -0.2) is 14.4 Å². The summed E-state index contributed by atoms with van der Waals surface area (Å²) in [5.74, 6) is -0.467. The summed E-state index contributed by atoms with van der Waals surface area (Å²) in [7, 11) is -3.87. The van der Waals surface area contributed by atoms with Gasteiger partial charge in [-0.15, -0.1) is 4.40 Å². The van der Waals surface area contributed by atoms with Gasteiger partial charge in [-0.05, 0) is 24.3 Å². The van der Waals surface area contributed by atoms with Crippen LogP contribution in [0, 0.1) is 11.5 Å². The molecule has 0 aliphatic rings. The highest BCUT2D eigenvalue weighted by atomic mass is 79.9. The van der Waals surface area contributed by atoms with Crippen LogP contribution < -0.4 is 11.1 Å². The number of nitrogens with zero attached hydrogens (tertiary/aromatic N) is 2. The zero-order chi connectivity index (χ0) is 12.2. The molecular weight excluding hydrogens is 296 g/mol. The molecule has 0 aromatic heterocycles. The van der Waals surface area contributed by atoms with E-state index in [1.165, 1.54) is 18.3 Å². The van der Waals surface area contributed by atoms with E-state index < -0.39 is 16.0 Å². The number of nitrogens with one attached hydrogen (secondary N) is 1. The fraction of sp³-hybridized carbons (Fsp3) is 0. The second-order valence-electron chi connectivity index (χ2n) is 2.64. The monoisotopic (exact) mass is 302 g/mol. The molecule has 0 amide bonds. The Kier molecular flexibility index (Phi) is 3.87. The number of sulfonamides is 1. The maximum Gasteiger partial charge on any atom is 0.285 e. The number of rotatable bonds is 2. The van der Waals surface area contributed by atoms with Crippen LogP contribution in [0.25, 0.3) is 0 Å². The molecule has 1 rings (SSSR count). The number of guanidine groups is 1. The zero-order valence-electron chi connectivity index (χ0n) is 7.88. The Labute approximate surface area is 101 Å². The van der Waals surface area contributed by atoms with Gasteiger partial charge in [0.1, 0.15) is 0 Å². The van der Waals surface area contributed by atoms with E-state index in [1.807, 2.05) is 5.32 Å². The molecule has 1 aromatic rings. The second-order valence-corrected chi connectivity index (χ2v) is 5.16. The van der Waals surface area contributed by atoms with Crippen LogP contribution in [0.2, 0.25) is 0 Å². The lowest BCUT2D eigenvalue weighted by atomic mass is 10.4. The lowest BCUT2D eigenvalue weighted by Crippen LogP contribution is -2.28. The van der Waals surface area contributed by atoms with E-state index >= 15 is 0 Å². The summed E-state index contributed by atoms with van der Waals surface area (Å²) in [5.41, 5.74) is 5.17. The summed E-state index contributed by atoms with van der Waals surface area (Å²) in [6.07, 6.45) is 1.47. The largest absolute Gasteiger partial charge is 0.368 e. The summed E-state index contributed by atoms with van der Waals surface area (Å²) < 4.78 is 27.2. The maximum absolute atomic E-state index is 11.6. The van der Waals surface area contributed by atoms with Gasteiger partial charge in [-0.25, -0.2) is 0 Å². The smallest absolute Gasteiger partial charge is 0.285 e. The van der Waals surface area contributed by atoms with Crippen LogP contribution in [0.1, 0.15) is 0 Å². The van der Waals surface area contributed by atoms with Gasteiger partial charge in [0.05, 0.1) is 4.90 Å². The lowest BCUT2D eigenvalue weighted by molar-refractivity contribution is 0.598. The maximum atomic E-state index is 11.6. The van der Waals surface area contributed by atoms with E-state index in [1.54, 1.807) is 12.1 Å². The first-order valence-electron chi connectivity index (χ1n) is 3.97. The minimum Gasteiger partial charge on any atom is -0.368 e. The molecule has 3 N–H and O–H groups in total. The number of nitrogens with two attached hydrogens (primary N) is 1. The van der Waals surface area contributed by atoms with Crippen molar-refractivity contribution in [1.29, 1.82) is 5.26 Å².